The van der Waals surface area contributed by atoms with E-state index in [0.29, 0.717) is 30.3 Å². The summed E-state index contributed by atoms with van der Waals surface area (Å²) in [6.07, 6.45) is 5.78. The number of aromatic nitrogens is 1. The first-order valence-electron chi connectivity index (χ1n) is 8.86. The summed E-state index contributed by atoms with van der Waals surface area (Å²) in [5.74, 6) is -0.0973. The largest absolute Gasteiger partial charge is 0.368 e. The zero-order chi connectivity index (χ0) is 18.2. The molecule has 0 aromatic carbocycles. The van der Waals surface area contributed by atoms with Crippen molar-refractivity contribution in [2.75, 3.05) is 11.9 Å². The number of nitriles is 1. The standard InChI is InChI=1S/C18H25N5O2/c1-11-12(2)23(13-5-3-4-6-13)16(14(11)9-19)22-15(24)10-21-18(7-8-18)17(20)25/h13,21H,3-8,10H2,1-2H3,(H2,20,25)(H,22,24). The number of carbonyl (C=O) groups is 2. The van der Waals surface area contributed by atoms with Crippen molar-refractivity contribution in [1.82, 2.24) is 9.88 Å². The van der Waals surface area contributed by atoms with Gasteiger partial charge in [0.15, 0.2) is 0 Å². The Morgan fingerprint density at radius 2 is 1.96 bits per heavy atom. The Morgan fingerprint density at radius 3 is 2.48 bits per heavy atom. The van der Waals surface area contributed by atoms with Crippen LogP contribution in [0.2, 0.25) is 0 Å². The van der Waals surface area contributed by atoms with E-state index in [1.165, 1.54) is 12.8 Å². The lowest BCUT2D eigenvalue weighted by atomic mass is 10.2. The zero-order valence-electron chi connectivity index (χ0n) is 14.8. The van der Waals surface area contributed by atoms with Crippen molar-refractivity contribution in [3.63, 3.8) is 0 Å². The van der Waals surface area contributed by atoms with Gasteiger partial charge < -0.3 is 15.6 Å². The maximum absolute atomic E-state index is 12.4. The number of carbonyl (C=O) groups excluding carboxylic acids is 2. The van der Waals surface area contributed by atoms with Crippen molar-refractivity contribution in [2.24, 2.45) is 5.73 Å². The highest BCUT2D eigenvalue weighted by atomic mass is 16.2. The maximum atomic E-state index is 12.4. The molecule has 3 rings (SSSR count). The van der Waals surface area contributed by atoms with E-state index >= 15 is 0 Å². The molecule has 2 saturated carbocycles. The average Bonchev–Trinajstić information content (AvgIpc) is 3.12. The molecule has 134 valence electrons. The van der Waals surface area contributed by atoms with Crippen molar-refractivity contribution in [3.05, 3.63) is 16.8 Å². The summed E-state index contributed by atoms with van der Waals surface area (Å²) >= 11 is 0. The lowest BCUT2D eigenvalue weighted by Gasteiger charge is -2.20. The number of rotatable bonds is 6. The van der Waals surface area contributed by atoms with Gasteiger partial charge in [-0.2, -0.15) is 5.26 Å². The lowest BCUT2D eigenvalue weighted by molar-refractivity contribution is -0.121. The first-order valence-corrected chi connectivity index (χ1v) is 8.86. The minimum atomic E-state index is -0.728. The van der Waals surface area contributed by atoms with E-state index in [-0.39, 0.29) is 12.5 Å². The van der Waals surface area contributed by atoms with Crippen LogP contribution >= 0.6 is 0 Å². The van der Waals surface area contributed by atoms with Crippen molar-refractivity contribution in [2.45, 2.75) is 64.0 Å². The van der Waals surface area contributed by atoms with Gasteiger partial charge in [-0.05, 0) is 45.1 Å². The average molecular weight is 343 g/mol. The highest BCUT2D eigenvalue weighted by Crippen LogP contribution is 2.38. The molecule has 0 aliphatic heterocycles. The fourth-order valence-corrected chi connectivity index (χ4v) is 3.77. The van der Waals surface area contributed by atoms with Crippen LogP contribution in [-0.2, 0) is 9.59 Å². The molecule has 0 atom stereocenters. The third-order valence-electron chi connectivity index (χ3n) is 5.63. The number of nitrogens with two attached hydrogens (primary N) is 1. The quantitative estimate of drug-likeness (QED) is 0.728. The molecule has 0 saturated heterocycles. The van der Waals surface area contributed by atoms with E-state index in [4.69, 9.17) is 5.73 Å². The summed E-state index contributed by atoms with van der Waals surface area (Å²) in [5.41, 5.74) is 7.10. The molecule has 25 heavy (non-hydrogen) atoms. The zero-order valence-corrected chi connectivity index (χ0v) is 14.8. The van der Waals surface area contributed by atoms with Gasteiger partial charge in [-0.1, -0.05) is 12.8 Å². The van der Waals surface area contributed by atoms with Gasteiger partial charge in [-0.15, -0.1) is 0 Å². The third kappa shape index (κ3) is 3.14. The second-order valence-corrected chi connectivity index (χ2v) is 7.20. The molecule has 1 aromatic heterocycles. The highest BCUT2D eigenvalue weighted by Gasteiger charge is 2.48. The highest BCUT2D eigenvalue weighted by molar-refractivity contribution is 5.94. The van der Waals surface area contributed by atoms with E-state index < -0.39 is 11.4 Å². The molecule has 4 N–H and O–H groups in total. The van der Waals surface area contributed by atoms with Gasteiger partial charge in [-0.3, -0.25) is 14.9 Å². The van der Waals surface area contributed by atoms with Crippen LogP contribution < -0.4 is 16.4 Å². The van der Waals surface area contributed by atoms with E-state index in [0.717, 1.165) is 24.1 Å². The number of nitrogens with zero attached hydrogens (tertiary/aromatic N) is 2. The smallest absolute Gasteiger partial charge is 0.239 e. The van der Waals surface area contributed by atoms with Crippen LogP contribution in [0.5, 0.6) is 0 Å². The second-order valence-electron chi connectivity index (χ2n) is 7.20. The summed E-state index contributed by atoms with van der Waals surface area (Å²) in [6.45, 7) is 3.91. The van der Waals surface area contributed by atoms with Crippen LogP contribution in [0.3, 0.4) is 0 Å². The van der Waals surface area contributed by atoms with E-state index in [1.54, 1.807) is 0 Å². The van der Waals surface area contributed by atoms with E-state index in [9.17, 15) is 14.9 Å². The molecule has 2 aliphatic carbocycles. The Balaban J connectivity index is 1.79. The number of hydrogen-bond donors (Lipinski definition) is 3. The lowest BCUT2D eigenvalue weighted by Crippen LogP contribution is -2.46. The first kappa shape index (κ1) is 17.5. The molecule has 0 unspecified atom stereocenters. The minimum absolute atomic E-state index is 0.00174. The molecule has 7 nitrogen and oxygen atoms in total. The molecule has 0 spiro atoms. The van der Waals surface area contributed by atoms with Crippen molar-refractivity contribution < 1.29 is 9.59 Å². The Hall–Kier alpha value is -2.33. The normalized spacial score (nSPS) is 18.8. The van der Waals surface area contributed by atoms with Crippen LogP contribution in [0.25, 0.3) is 0 Å². The van der Waals surface area contributed by atoms with E-state index in [2.05, 4.69) is 21.3 Å². The van der Waals surface area contributed by atoms with Gasteiger partial charge in [0.05, 0.1) is 17.6 Å². The van der Waals surface area contributed by atoms with Crippen LogP contribution in [-0.4, -0.2) is 28.5 Å². The molecule has 0 radical (unpaired) electrons. The third-order valence-corrected chi connectivity index (χ3v) is 5.63. The fourth-order valence-electron chi connectivity index (χ4n) is 3.77. The summed E-state index contributed by atoms with van der Waals surface area (Å²) < 4.78 is 2.11. The maximum Gasteiger partial charge on any atom is 0.239 e. The monoisotopic (exact) mass is 343 g/mol. The van der Waals surface area contributed by atoms with Gasteiger partial charge in [0.25, 0.3) is 0 Å². The van der Waals surface area contributed by atoms with E-state index in [1.807, 2.05) is 13.8 Å². The summed E-state index contributed by atoms with van der Waals surface area (Å²) in [6, 6.07) is 2.55. The van der Waals surface area contributed by atoms with Crippen LogP contribution in [0.1, 0.15) is 61.4 Å². The van der Waals surface area contributed by atoms with Crippen LogP contribution in [0.4, 0.5) is 5.82 Å². The molecule has 1 aromatic rings. The van der Waals surface area contributed by atoms with Gasteiger partial charge in [0, 0.05) is 11.7 Å². The Kier molecular flexibility index (Phi) is 4.56. The van der Waals surface area contributed by atoms with Gasteiger partial charge in [-0.25, -0.2) is 0 Å². The minimum Gasteiger partial charge on any atom is -0.368 e. The summed E-state index contributed by atoms with van der Waals surface area (Å²) in [5, 5.41) is 15.4. The topological polar surface area (TPSA) is 113 Å². The second kappa shape index (κ2) is 6.52. The molecule has 2 amide bonds. The predicted octanol–water partition coefficient (Wildman–Crippen LogP) is 1.64. The number of nitrogens with one attached hydrogen (secondary N) is 2. The van der Waals surface area contributed by atoms with Crippen molar-refractivity contribution in [1.29, 1.82) is 5.26 Å². The molecular weight excluding hydrogens is 318 g/mol. The van der Waals surface area contributed by atoms with Crippen molar-refractivity contribution in [3.8, 4) is 6.07 Å². The molecule has 7 heteroatoms. The van der Waals surface area contributed by atoms with Gasteiger partial charge >= 0.3 is 0 Å². The fraction of sp³-hybridized carbons (Fsp3) is 0.611. The first-order chi connectivity index (χ1) is 11.9. The van der Waals surface area contributed by atoms with Crippen molar-refractivity contribution >= 4 is 17.6 Å². The molecule has 2 aliphatic rings. The summed E-state index contributed by atoms with van der Waals surface area (Å²) in [7, 11) is 0. The number of primary amides is 1. The Bertz CT molecular complexity index is 748. The van der Waals surface area contributed by atoms with Crippen LogP contribution in [0.15, 0.2) is 0 Å². The Labute approximate surface area is 147 Å². The number of hydrogen-bond acceptors (Lipinski definition) is 4. The molecule has 1 heterocycles. The van der Waals surface area contributed by atoms with Crippen LogP contribution in [0, 0.1) is 25.2 Å². The summed E-state index contributed by atoms with van der Waals surface area (Å²) in [4.78, 5) is 23.8. The molecule has 2 fully saturated rings. The Morgan fingerprint density at radius 1 is 1.32 bits per heavy atom. The SMILES string of the molecule is Cc1c(C#N)c(NC(=O)CNC2(C(N)=O)CC2)n(C2CCCC2)c1C. The number of amides is 2. The molecule has 0 bridgehead atoms. The molecular formula is C18H25N5O2. The predicted molar refractivity (Wildman–Crippen MR) is 93.9 cm³/mol. The van der Waals surface area contributed by atoms with Gasteiger partial charge in [0.1, 0.15) is 11.9 Å². The number of anilines is 1. The van der Waals surface area contributed by atoms with Gasteiger partial charge in [0.2, 0.25) is 11.8 Å².